The van der Waals surface area contributed by atoms with Gasteiger partial charge in [-0.2, -0.15) is 13.2 Å². The van der Waals surface area contributed by atoms with E-state index in [0.717, 1.165) is 23.4 Å². The lowest BCUT2D eigenvalue weighted by molar-refractivity contribution is -0.137. The molecule has 0 fully saturated rings. The van der Waals surface area contributed by atoms with E-state index < -0.39 is 17.7 Å². The number of rotatable bonds is 6. The van der Waals surface area contributed by atoms with Gasteiger partial charge in [-0.1, -0.05) is 24.3 Å². The van der Waals surface area contributed by atoms with Gasteiger partial charge in [0.25, 0.3) is 0 Å². The van der Waals surface area contributed by atoms with E-state index in [0.29, 0.717) is 16.1 Å². The van der Waals surface area contributed by atoms with Crippen LogP contribution in [0.5, 0.6) is 5.75 Å². The molecular formula is C25H20BrF3N2O3S. The first kappa shape index (κ1) is 26.4. The van der Waals surface area contributed by atoms with Gasteiger partial charge >= 0.3 is 12.1 Å². The quantitative estimate of drug-likeness (QED) is 0.222. The number of hydrogen-bond donors (Lipinski definition) is 1. The molecule has 4 rings (SSSR count). The average Bonchev–Trinajstić information content (AvgIpc) is 3.22. The Kier molecular flexibility index (Phi) is 8.66. The van der Waals surface area contributed by atoms with Crippen LogP contribution in [-0.4, -0.2) is 22.2 Å². The summed E-state index contributed by atoms with van der Waals surface area (Å²) in [5, 5.41) is 11.4. The zero-order valence-corrected chi connectivity index (χ0v) is 20.6. The fourth-order valence-corrected chi connectivity index (χ4v) is 4.22. The molecule has 1 heterocycles. The number of alkyl halides is 3. The van der Waals surface area contributed by atoms with E-state index in [1.807, 2.05) is 11.4 Å². The Balaban J connectivity index is 0.00000342. The number of carbonyl (C=O) groups is 1. The fourth-order valence-electron chi connectivity index (χ4n) is 3.26. The Bertz CT molecular complexity index is 1350. The van der Waals surface area contributed by atoms with E-state index in [4.69, 9.17) is 4.74 Å². The Morgan fingerprint density at radius 2 is 1.71 bits per heavy atom. The highest BCUT2D eigenvalue weighted by atomic mass is 79.9. The maximum absolute atomic E-state index is 13.0. The lowest BCUT2D eigenvalue weighted by atomic mass is 10.1. The van der Waals surface area contributed by atoms with Crippen LogP contribution in [0.2, 0.25) is 0 Å². The second kappa shape index (κ2) is 11.5. The van der Waals surface area contributed by atoms with Crippen molar-refractivity contribution in [3.05, 3.63) is 100 Å². The normalized spacial score (nSPS) is 11.7. The van der Waals surface area contributed by atoms with Crippen molar-refractivity contribution in [2.75, 3.05) is 6.61 Å². The molecule has 0 unspecified atom stereocenters. The number of benzene rings is 3. The predicted octanol–water partition coefficient (Wildman–Crippen LogP) is 6.26. The van der Waals surface area contributed by atoms with E-state index in [-0.39, 0.29) is 35.8 Å². The molecule has 0 bridgehead atoms. The Morgan fingerprint density at radius 1 is 1.00 bits per heavy atom. The fraction of sp³-hybridized carbons (Fsp3) is 0.120. The second-order valence-corrected chi connectivity index (χ2v) is 8.06. The summed E-state index contributed by atoms with van der Waals surface area (Å²) in [4.78, 5) is 17.1. The van der Waals surface area contributed by atoms with Gasteiger partial charge in [-0.15, -0.1) is 28.3 Å². The Morgan fingerprint density at radius 3 is 2.37 bits per heavy atom. The van der Waals surface area contributed by atoms with Gasteiger partial charge < -0.3 is 14.4 Å². The van der Waals surface area contributed by atoms with Crippen LogP contribution in [0.25, 0.3) is 11.3 Å². The van der Waals surface area contributed by atoms with Crippen molar-refractivity contribution in [2.45, 2.75) is 12.7 Å². The molecule has 5 nitrogen and oxygen atoms in total. The number of halogens is 4. The van der Waals surface area contributed by atoms with Crippen LogP contribution in [0.15, 0.2) is 89.2 Å². The standard InChI is InChI=1S/C25H19F3N2O3S.BrH/c26-25(27,28)19-7-4-8-20(15-19)29-24-30(13-14-31)22(16-34-24)17-9-11-21(12-10-17)33-23(32)18-5-2-1-3-6-18;/h1-12,15-16,31H,13-14H2;1H. The van der Waals surface area contributed by atoms with Crippen molar-refractivity contribution in [3.8, 4) is 17.0 Å². The smallest absolute Gasteiger partial charge is 0.416 e. The first-order valence-corrected chi connectivity index (χ1v) is 11.1. The minimum absolute atomic E-state index is 0. The molecule has 0 spiro atoms. The van der Waals surface area contributed by atoms with E-state index in [1.54, 1.807) is 53.1 Å². The van der Waals surface area contributed by atoms with Gasteiger partial charge in [-0.3, -0.25) is 0 Å². The molecule has 3 aromatic carbocycles. The van der Waals surface area contributed by atoms with Crippen molar-refractivity contribution in [1.29, 1.82) is 0 Å². The summed E-state index contributed by atoms with van der Waals surface area (Å²) in [7, 11) is 0. The molecule has 0 atom stereocenters. The SMILES string of the molecule is Br.O=C(Oc1ccc(-c2csc(=Nc3cccc(C(F)(F)F)c3)n2CCO)cc1)c1ccccc1. The molecule has 0 aliphatic heterocycles. The van der Waals surface area contributed by atoms with Crippen LogP contribution in [0.4, 0.5) is 18.9 Å². The molecule has 1 N–H and O–H groups in total. The lowest BCUT2D eigenvalue weighted by Gasteiger charge is -2.09. The highest BCUT2D eigenvalue weighted by molar-refractivity contribution is 8.93. The molecule has 0 aliphatic carbocycles. The number of ether oxygens (including phenoxy) is 1. The van der Waals surface area contributed by atoms with Crippen molar-refractivity contribution in [1.82, 2.24) is 4.57 Å². The molecule has 0 saturated heterocycles. The summed E-state index contributed by atoms with van der Waals surface area (Å²) in [5.41, 5.74) is 1.32. The van der Waals surface area contributed by atoms with Crippen molar-refractivity contribution in [2.24, 2.45) is 4.99 Å². The number of aromatic nitrogens is 1. The van der Waals surface area contributed by atoms with E-state index in [9.17, 15) is 23.1 Å². The van der Waals surface area contributed by atoms with Crippen LogP contribution >= 0.6 is 28.3 Å². The maximum atomic E-state index is 13.0. The summed E-state index contributed by atoms with van der Waals surface area (Å²) in [6.45, 7) is 0.0354. The zero-order chi connectivity index (χ0) is 24.1. The summed E-state index contributed by atoms with van der Waals surface area (Å²) < 4.78 is 46.2. The Hall–Kier alpha value is -3.21. The largest absolute Gasteiger partial charge is 0.423 e. The third-order valence-electron chi connectivity index (χ3n) is 4.89. The van der Waals surface area contributed by atoms with Gasteiger partial charge in [0.2, 0.25) is 0 Å². The number of hydrogen-bond acceptors (Lipinski definition) is 5. The topological polar surface area (TPSA) is 63.8 Å². The highest BCUT2D eigenvalue weighted by Crippen LogP contribution is 2.31. The first-order chi connectivity index (χ1) is 16.3. The van der Waals surface area contributed by atoms with Gasteiger partial charge in [0.1, 0.15) is 5.75 Å². The van der Waals surface area contributed by atoms with Crippen LogP contribution in [0.3, 0.4) is 0 Å². The van der Waals surface area contributed by atoms with Gasteiger partial charge in [0.15, 0.2) is 4.80 Å². The van der Waals surface area contributed by atoms with Gasteiger partial charge in [0, 0.05) is 11.9 Å². The van der Waals surface area contributed by atoms with Gasteiger partial charge in [-0.05, 0) is 60.2 Å². The summed E-state index contributed by atoms with van der Waals surface area (Å²) in [5.74, 6) is -0.100. The third kappa shape index (κ3) is 6.47. The number of aliphatic hydroxyl groups is 1. The number of carbonyl (C=O) groups excluding carboxylic acids is 1. The molecule has 10 heteroatoms. The highest BCUT2D eigenvalue weighted by Gasteiger charge is 2.30. The van der Waals surface area contributed by atoms with Crippen LogP contribution in [-0.2, 0) is 12.7 Å². The van der Waals surface area contributed by atoms with E-state index in [1.165, 1.54) is 23.5 Å². The Labute approximate surface area is 213 Å². The molecule has 1 aromatic heterocycles. The van der Waals surface area contributed by atoms with Crippen LogP contribution in [0.1, 0.15) is 15.9 Å². The zero-order valence-electron chi connectivity index (χ0n) is 18.1. The molecule has 0 saturated carbocycles. The van der Waals surface area contributed by atoms with Crippen molar-refractivity contribution >= 4 is 40.0 Å². The van der Waals surface area contributed by atoms with Crippen LogP contribution in [0, 0.1) is 0 Å². The van der Waals surface area contributed by atoms with E-state index >= 15 is 0 Å². The summed E-state index contributed by atoms with van der Waals surface area (Å²) in [6.07, 6.45) is -4.46. The minimum Gasteiger partial charge on any atom is -0.423 e. The molecule has 0 aliphatic rings. The van der Waals surface area contributed by atoms with E-state index in [2.05, 4.69) is 4.99 Å². The maximum Gasteiger partial charge on any atom is 0.416 e. The molecule has 182 valence electrons. The third-order valence-corrected chi connectivity index (χ3v) is 5.75. The number of esters is 1. The molecule has 4 aromatic rings. The predicted molar refractivity (Wildman–Crippen MR) is 133 cm³/mol. The van der Waals surface area contributed by atoms with Gasteiger partial charge in [-0.25, -0.2) is 9.79 Å². The van der Waals surface area contributed by atoms with Crippen molar-refractivity contribution in [3.63, 3.8) is 0 Å². The molecule has 0 radical (unpaired) electrons. The monoisotopic (exact) mass is 564 g/mol. The number of nitrogens with zero attached hydrogens (tertiary/aromatic N) is 2. The summed E-state index contributed by atoms with van der Waals surface area (Å²) in [6, 6.07) is 20.2. The lowest BCUT2D eigenvalue weighted by Crippen LogP contribution is -2.18. The van der Waals surface area contributed by atoms with Crippen LogP contribution < -0.4 is 9.54 Å². The first-order valence-electron chi connectivity index (χ1n) is 10.2. The number of aliphatic hydroxyl groups excluding tert-OH is 1. The number of thiazole rings is 1. The molecular weight excluding hydrogens is 545 g/mol. The molecule has 35 heavy (non-hydrogen) atoms. The molecule has 0 amide bonds. The minimum atomic E-state index is -4.46. The van der Waals surface area contributed by atoms with Crippen molar-refractivity contribution < 1.29 is 27.8 Å². The summed E-state index contributed by atoms with van der Waals surface area (Å²) >= 11 is 1.25. The second-order valence-electron chi connectivity index (χ2n) is 7.22. The van der Waals surface area contributed by atoms with Gasteiger partial charge in [0.05, 0.1) is 29.1 Å². The average molecular weight is 565 g/mol.